The highest BCUT2D eigenvalue weighted by Crippen LogP contribution is 2.50. The Bertz CT molecular complexity index is 261. The van der Waals surface area contributed by atoms with Gasteiger partial charge in [0, 0.05) is 11.4 Å². The molecule has 0 radical (unpaired) electrons. The van der Waals surface area contributed by atoms with Crippen LogP contribution in [0.3, 0.4) is 0 Å². The molecule has 0 aliphatic rings. The van der Waals surface area contributed by atoms with Crippen LogP contribution in [0.5, 0.6) is 0 Å². The predicted molar refractivity (Wildman–Crippen MR) is 52.3 cm³/mol. The molecular formula is C8H15O5P. The van der Waals surface area contributed by atoms with Gasteiger partial charge in [-0.05, 0) is 20.8 Å². The Hall–Kier alpha value is -0.640. The first kappa shape index (κ1) is 13.4. The normalized spacial score (nSPS) is 12.9. The maximum atomic E-state index is 11.7. The molecule has 0 atom stereocenters. The van der Waals surface area contributed by atoms with Crippen molar-refractivity contribution in [3.63, 3.8) is 0 Å². The topological polar surface area (TPSA) is 72.8 Å². The minimum absolute atomic E-state index is 0.0461. The summed E-state index contributed by atoms with van der Waals surface area (Å²) in [6.45, 7) is 5.08. The zero-order valence-electron chi connectivity index (χ0n) is 8.52. The van der Waals surface area contributed by atoms with E-state index in [9.17, 15) is 9.36 Å². The van der Waals surface area contributed by atoms with Gasteiger partial charge in [0.2, 0.25) is 0 Å². The second kappa shape index (κ2) is 5.96. The molecule has 0 saturated carbocycles. The number of hydrogen-bond donors (Lipinski definition) is 1. The number of carbonyl (C=O) groups is 1. The summed E-state index contributed by atoms with van der Waals surface area (Å²) in [6.07, 6.45) is 0. The summed E-state index contributed by atoms with van der Waals surface area (Å²) in [7, 11) is -3.37. The number of carboxylic acids is 1. The van der Waals surface area contributed by atoms with Crippen LogP contribution in [0.15, 0.2) is 11.4 Å². The molecule has 82 valence electrons. The van der Waals surface area contributed by atoms with Crippen molar-refractivity contribution in [1.29, 1.82) is 0 Å². The molecule has 1 N–H and O–H groups in total. The average molecular weight is 222 g/mol. The Morgan fingerprint density at radius 2 is 1.79 bits per heavy atom. The van der Waals surface area contributed by atoms with Gasteiger partial charge in [0.1, 0.15) is 0 Å². The minimum Gasteiger partial charge on any atom is -0.478 e. The molecule has 0 aromatic rings. The first-order chi connectivity index (χ1) is 6.45. The van der Waals surface area contributed by atoms with E-state index in [4.69, 9.17) is 14.2 Å². The third-order valence-corrected chi connectivity index (χ3v) is 3.25. The summed E-state index contributed by atoms with van der Waals surface area (Å²) in [4.78, 5) is 10.5. The predicted octanol–water partition coefficient (Wildman–Crippen LogP) is 2.24. The monoisotopic (exact) mass is 222 g/mol. The van der Waals surface area contributed by atoms with Crippen LogP contribution < -0.4 is 0 Å². The van der Waals surface area contributed by atoms with Crippen molar-refractivity contribution in [1.82, 2.24) is 0 Å². The smallest absolute Gasteiger partial charge is 0.354 e. The van der Waals surface area contributed by atoms with Gasteiger partial charge in [-0.15, -0.1) is 0 Å². The fraction of sp³-hybridized carbons (Fsp3) is 0.625. The van der Waals surface area contributed by atoms with Crippen LogP contribution >= 0.6 is 7.60 Å². The van der Waals surface area contributed by atoms with Crippen molar-refractivity contribution in [2.45, 2.75) is 20.8 Å². The minimum atomic E-state index is -3.37. The molecule has 0 aliphatic carbocycles. The molecule has 0 aromatic carbocycles. The third-order valence-electron chi connectivity index (χ3n) is 1.31. The molecule has 0 aliphatic heterocycles. The molecule has 0 amide bonds. The average Bonchev–Trinajstić information content (AvgIpc) is 2.04. The van der Waals surface area contributed by atoms with Crippen LogP contribution in [0.25, 0.3) is 0 Å². The second-order valence-corrected chi connectivity index (χ2v) is 4.35. The lowest BCUT2D eigenvalue weighted by Gasteiger charge is -2.13. The van der Waals surface area contributed by atoms with Crippen molar-refractivity contribution < 1.29 is 23.5 Å². The lowest BCUT2D eigenvalue weighted by molar-refractivity contribution is -0.132. The van der Waals surface area contributed by atoms with Crippen molar-refractivity contribution in [3.05, 3.63) is 11.4 Å². The van der Waals surface area contributed by atoms with E-state index < -0.39 is 13.6 Å². The molecule has 0 unspecified atom stereocenters. The molecule has 0 saturated heterocycles. The molecule has 0 bridgehead atoms. The Morgan fingerprint density at radius 3 is 2.07 bits per heavy atom. The van der Waals surface area contributed by atoms with Crippen LogP contribution in [-0.4, -0.2) is 24.3 Å². The van der Waals surface area contributed by atoms with E-state index in [1.807, 2.05) is 0 Å². The molecule has 0 heterocycles. The van der Waals surface area contributed by atoms with Crippen LogP contribution in [0.2, 0.25) is 0 Å². The highest BCUT2D eigenvalue weighted by atomic mass is 31.2. The van der Waals surface area contributed by atoms with E-state index in [0.717, 1.165) is 5.82 Å². The Kier molecular flexibility index (Phi) is 5.69. The van der Waals surface area contributed by atoms with Gasteiger partial charge >= 0.3 is 13.6 Å². The summed E-state index contributed by atoms with van der Waals surface area (Å²) in [5.41, 5.74) is -0.0461. The molecule has 5 nitrogen and oxygen atoms in total. The molecule has 0 spiro atoms. The van der Waals surface area contributed by atoms with Crippen LogP contribution in [0.1, 0.15) is 20.8 Å². The summed E-state index contributed by atoms with van der Waals surface area (Å²) in [5, 5.41) is 8.58. The van der Waals surface area contributed by atoms with Gasteiger partial charge in [-0.2, -0.15) is 0 Å². The lowest BCUT2D eigenvalue weighted by atomic mass is 10.4. The van der Waals surface area contributed by atoms with E-state index in [2.05, 4.69) is 0 Å². The zero-order chi connectivity index (χ0) is 11.2. The van der Waals surface area contributed by atoms with Gasteiger partial charge in [0.05, 0.1) is 13.2 Å². The van der Waals surface area contributed by atoms with Crippen LogP contribution in [0, 0.1) is 0 Å². The lowest BCUT2D eigenvalue weighted by Crippen LogP contribution is -1.99. The SMILES string of the molecule is CCOP(=O)(/C=C(/C)C(=O)O)OCC. The van der Waals surface area contributed by atoms with Gasteiger partial charge in [-0.3, -0.25) is 4.57 Å². The van der Waals surface area contributed by atoms with E-state index in [0.29, 0.717) is 0 Å². The first-order valence-electron chi connectivity index (χ1n) is 4.26. The summed E-state index contributed by atoms with van der Waals surface area (Å²) in [6, 6.07) is 0. The maximum absolute atomic E-state index is 11.7. The molecule has 6 heteroatoms. The van der Waals surface area contributed by atoms with E-state index in [1.54, 1.807) is 13.8 Å². The first-order valence-corrected chi connectivity index (χ1v) is 5.88. The van der Waals surface area contributed by atoms with Gasteiger partial charge in [-0.25, -0.2) is 4.79 Å². The van der Waals surface area contributed by atoms with E-state index in [1.165, 1.54) is 6.92 Å². The molecular weight excluding hydrogens is 207 g/mol. The molecule has 0 rings (SSSR count). The number of aliphatic carboxylic acids is 1. The number of rotatable bonds is 6. The van der Waals surface area contributed by atoms with E-state index >= 15 is 0 Å². The Morgan fingerprint density at radius 1 is 1.36 bits per heavy atom. The Labute approximate surface area is 83.3 Å². The fourth-order valence-corrected chi connectivity index (χ4v) is 2.29. The fourth-order valence-electron chi connectivity index (χ4n) is 0.764. The van der Waals surface area contributed by atoms with E-state index in [-0.39, 0.29) is 18.8 Å². The van der Waals surface area contributed by atoms with Crippen molar-refractivity contribution >= 4 is 13.6 Å². The van der Waals surface area contributed by atoms with Gasteiger partial charge in [-0.1, -0.05) is 0 Å². The van der Waals surface area contributed by atoms with Gasteiger partial charge < -0.3 is 14.2 Å². The summed E-state index contributed by atoms with van der Waals surface area (Å²) < 4.78 is 21.5. The largest absolute Gasteiger partial charge is 0.478 e. The highest BCUT2D eigenvalue weighted by molar-refractivity contribution is 7.57. The number of carboxylic acid groups (broad SMARTS) is 1. The van der Waals surface area contributed by atoms with Crippen LogP contribution in [-0.2, 0) is 18.4 Å². The van der Waals surface area contributed by atoms with Gasteiger partial charge in [0.15, 0.2) is 0 Å². The van der Waals surface area contributed by atoms with Crippen LogP contribution in [0.4, 0.5) is 0 Å². The van der Waals surface area contributed by atoms with Gasteiger partial charge in [0.25, 0.3) is 0 Å². The Balaban J connectivity index is 4.75. The summed E-state index contributed by atoms with van der Waals surface area (Å²) >= 11 is 0. The standard InChI is InChI=1S/C8H15O5P/c1-4-12-14(11,13-5-2)6-7(3)8(9)10/h6H,4-5H2,1-3H3,(H,9,10)/b7-6-. The summed E-state index contributed by atoms with van der Waals surface area (Å²) in [5.74, 6) is -0.105. The number of hydrogen-bond acceptors (Lipinski definition) is 4. The zero-order valence-corrected chi connectivity index (χ0v) is 9.41. The maximum Gasteiger partial charge on any atom is 0.354 e. The second-order valence-electron chi connectivity index (χ2n) is 2.49. The molecule has 0 fully saturated rings. The van der Waals surface area contributed by atoms with Crippen molar-refractivity contribution in [2.75, 3.05) is 13.2 Å². The molecule has 0 aromatic heterocycles. The van der Waals surface area contributed by atoms with Crippen molar-refractivity contribution in [3.8, 4) is 0 Å². The third kappa shape index (κ3) is 4.56. The molecule has 14 heavy (non-hydrogen) atoms. The van der Waals surface area contributed by atoms with Crippen molar-refractivity contribution in [2.24, 2.45) is 0 Å². The highest BCUT2D eigenvalue weighted by Gasteiger charge is 2.21. The quantitative estimate of drug-likeness (QED) is 0.551.